The summed E-state index contributed by atoms with van der Waals surface area (Å²) in [6.45, 7) is 1.92. The molecule has 0 aliphatic heterocycles. The lowest BCUT2D eigenvalue weighted by atomic mass is 10.0. The highest BCUT2D eigenvalue weighted by molar-refractivity contribution is 4.55. The molecule has 0 bridgehead atoms. The van der Waals surface area contributed by atoms with Gasteiger partial charge in [0.15, 0.2) is 0 Å². The Morgan fingerprint density at radius 3 is 1.52 bits per heavy atom. The van der Waals surface area contributed by atoms with Crippen molar-refractivity contribution in [1.82, 2.24) is 0 Å². The summed E-state index contributed by atoms with van der Waals surface area (Å²) >= 11 is 0. The van der Waals surface area contributed by atoms with E-state index in [0.717, 1.165) is 12.8 Å². The normalized spacial score (nSPS) is 12.5. The van der Waals surface area contributed by atoms with E-state index in [0.29, 0.717) is 6.42 Å². The molecule has 0 aromatic rings. The standard InChI is InChI=1S/C17H35NO3/c1-2-3-4-5-6-7-8-9-10-11-12-13-14-15-17(16-19)18(20)21/h17,19H,2-16H2,1H3. The molecule has 1 unspecified atom stereocenters. The van der Waals surface area contributed by atoms with Gasteiger partial charge in [0.25, 0.3) is 0 Å². The summed E-state index contributed by atoms with van der Waals surface area (Å²) in [5, 5.41) is 19.4. The van der Waals surface area contributed by atoms with Crippen LogP contribution in [0.1, 0.15) is 96.8 Å². The Bertz CT molecular complexity index is 234. The molecule has 0 aromatic heterocycles. The molecule has 0 rings (SSSR count). The molecule has 0 saturated heterocycles. The van der Waals surface area contributed by atoms with Gasteiger partial charge < -0.3 is 5.11 Å². The molecule has 126 valence electrons. The minimum atomic E-state index is -0.752. The van der Waals surface area contributed by atoms with Crippen LogP contribution in [-0.4, -0.2) is 22.7 Å². The molecule has 4 heteroatoms. The van der Waals surface area contributed by atoms with E-state index in [-0.39, 0.29) is 11.5 Å². The monoisotopic (exact) mass is 301 g/mol. The average molecular weight is 301 g/mol. The molecule has 0 fully saturated rings. The van der Waals surface area contributed by atoms with Crippen molar-refractivity contribution >= 4 is 0 Å². The van der Waals surface area contributed by atoms with Crippen molar-refractivity contribution in [2.24, 2.45) is 0 Å². The van der Waals surface area contributed by atoms with E-state index in [1.807, 2.05) is 0 Å². The van der Waals surface area contributed by atoms with Crippen molar-refractivity contribution in [1.29, 1.82) is 0 Å². The van der Waals surface area contributed by atoms with Crippen molar-refractivity contribution in [3.63, 3.8) is 0 Å². The van der Waals surface area contributed by atoms with E-state index in [4.69, 9.17) is 5.11 Å². The summed E-state index contributed by atoms with van der Waals surface area (Å²) in [4.78, 5) is 10.2. The van der Waals surface area contributed by atoms with Gasteiger partial charge in [-0.15, -0.1) is 0 Å². The van der Waals surface area contributed by atoms with Crippen molar-refractivity contribution in [3.05, 3.63) is 10.1 Å². The topological polar surface area (TPSA) is 63.4 Å². The van der Waals surface area contributed by atoms with Gasteiger partial charge in [0.2, 0.25) is 6.04 Å². The fourth-order valence-electron chi connectivity index (χ4n) is 2.66. The molecule has 0 spiro atoms. The maximum atomic E-state index is 10.5. The highest BCUT2D eigenvalue weighted by atomic mass is 16.6. The van der Waals surface area contributed by atoms with Gasteiger partial charge in [-0.1, -0.05) is 84.0 Å². The molecule has 0 saturated carbocycles. The van der Waals surface area contributed by atoms with E-state index in [1.54, 1.807) is 0 Å². The first kappa shape index (κ1) is 20.4. The predicted molar refractivity (Wildman–Crippen MR) is 88.2 cm³/mol. The molecule has 0 radical (unpaired) electrons. The summed E-state index contributed by atoms with van der Waals surface area (Å²) in [5.74, 6) is 0. The summed E-state index contributed by atoms with van der Waals surface area (Å²) < 4.78 is 0. The highest BCUT2D eigenvalue weighted by Crippen LogP contribution is 2.13. The number of aliphatic hydroxyl groups is 1. The smallest absolute Gasteiger partial charge is 0.235 e. The number of aliphatic hydroxyl groups excluding tert-OH is 1. The molecule has 21 heavy (non-hydrogen) atoms. The molecular formula is C17H35NO3. The number of rotatable bonds is 16. The van der Waals surface area contributed by atoms with Crippen LogP contribution < -0.4 is 0 Å². The fourth-order valence-corrected chi connectivity index (χ4v) is 2.66. The Morgan fingerprint density at radius 1 is 0.810 bits per heavy atom. The van der Waals surface area contributed by atoms with Crippen LogP contribution in [0.4, 0.5) is 0 Å². The van der Waals surface area contributed by atoms with Gasteiger partial charge in [-0.25, -0.2) is 0 Å². The van der Waals surface area contributed by atoms with Crippen molar-refractivity contribution in [2.75, 3.05) is 6.61 Å². The zero-order chi connectivity index (χ0) is 15.8. The van der Waals surface area contributed by atoms with Gasteiger partial charge in [0.05, 0.1) is 0 Å². The lowest BCUT2D eigenvalue weighted by Crippen LogP contribution is -2.23. The minimum Gasteiger partial charge on any atom is -0.389 e. The number of nitrogens with zero attached hydrogens (tertiary/aromatic N) is 1. The van der Waals surface area contributed by atoms with Crippen LogP contribution in [-0.2, 0) is 0 Å². The lowest BCUT2D eigenvalue weighted by molar-refractivity contribution is -0.526. The van der Waals surface area contributed by atoms with Crippen molar-refractivity contribution in [3.8, 4) is 0 Å². The quantitative estimate of drug-likeness (QED) is 0.245. The fraction of sp³-hybridized carbons (Fsp3) is 1.00. The molecule has 0 heterocycles. The largest absolute Gasteiger partial charge is 0.389 e. The van der Waals surface area contributed by atoms with Gasteiger partial charge in [0, 0.05) is 11.3 Å². The molecule has 4 nitrogen and oxygen atoms in total. The third-order valence-electron chi connectivity index (χ3n) is 4.15. The zero-order valence-electron chi connectivity index (χ0n) is 13.9. The van der Waals surface area contributed by atoms with Crippen LogP contribution in [0.2, 0.25) is 0 Å². The van der Waals surface area contributed by atoms with Gasteiger partial charge in [-0.3, -0.25) is 10.1 Å². The first-order valence-corrected chi connectivity index (χ1v) is 8.96. The molecular weight excluding hydrogens is 266 g/mol. The summed E-state index contributed by atoms with van der Waals surface area (Å²) in [5.41, 5.74) is 0. The molecule has 0 aliphatic carbocycles. The Balaban J connectivity index is 3.14. The van der Waals surface area contributed by atoms with Crippen molar-refractivity contribution in [2.45, 2.75) is 103 Å². The summed E-state index contributed by atoms with van der Waals surface area (Å²) in [7, 11) is 0. The lowest BCUT2D eigenvalue weighted by Gasteiger charge is -2.06. The second-order valence-corrected chi connectivity index (χ2v) is 6.15. The number of hydrogen-bond acceptors (Lipinski definition) is 3. The van der Waals surface area contributed by atoms with Crippen LogP contribution >= 0.6 is 0 Å². The van der Waals surface area contributed by atoms with E-state index in [1.165, 1.54) is 70.6 Å². The van der Waals surface area contributed by atoms with Crippen molar-refractivity contribution < 1.29 is 10.0 Å². The average Bonchev–Trinajstić information content (AvgIpc) is 2.47. The first-order chi connectivity index (χ1) is 10.2. The first-order valence-electron chi connectivity index (χ1n) is 8.96. The molecule has 1 atom stereocenters. The van der Waals surface area contributed by atoms with Crippen LogP contribution in [0, 0.1) is 10.1 Å². The maximum Gasteiger partial charge on any atom is 0.235 e. The molecule has 0 aliphatic rings. The summed E-state index contributed by atoms with van der Waals surface area (Å²) in [6, 6.07) is -0.752. The Hall–Kier alpha value is -0.640. The molecule has 0 aromatic carbocycles. The van der Waals surface area contributed by atoms with Crippen LogP contribution in [0.5, 0.6) is 0 Å². The van der Waals surface area contributed by atoms with Gasteiger partial charge in [0.1, 0.15) is 6.61 Å². The third kappa shape index (κ3) is 14.1. The summed E-state index contributed by atoms with van der Waals surface area (Å²) in [6.07, 6.45) is 17.1. The van der Waals surface area contributed by atoms with E-state index >= 15 is 0 Å². The predicted octanol–water partition coefficient (Wildman–Crippen LogP) is 5.11. The highest BCUT2D eigenvalue weighted by Gasteiger charge is 2.17. The second kappa shape index (κ2) is 15.7. The van der Waals surface area contributed by atoms with E-state index < -0.39 is 6.04 Å². The van der Waals surface area contributed by atoms with E-state index in [9.17, 15) is 10.1 Å². The van der Waals surface area contributed by atoms with Gasteiger partial charge in [-0.2, -0.15) is 0 Å². The minimum absolute atomic E-state index is 0.328. The number of unbranched alkanes of at least 4 members (excludes halogenated alkanes) is 12. The SMILES string of the molecule is CCCCCCCCCCCCCCCC(CO)[N+](=O)[O-]. The van der Waals surface area contributed by atoms with E-state index in [2.05, 4.69) is 6.92 Å². The zero-order valence-corrected chi connectivity index (χ0v) is 13.9. The van der Waals surface area contributed by atoms with Crippen LogP contribution in [0.15, 0.2) is 0 Å². The van der Waals surface area contributed by atoms with Gasteiger partial charge in [-0.05, 0) is 6.42 Å². The van der Waals surface area contributed by atoms with Crippen LogP contribution in [0.3, 0.4) is 0 Å². The Labute approximate surface area is 130 Å². The Morgan fingerprint density at radius 2 is 1.19 bits per heavy atom. The maximum absolute atomic E-state index is 10.5. The number of nitro groups is 1. The second-order valence-electron chi connectivity index (χ2n) is 6.15. The van der Waals surface area contributed by atoms with Gasteiger partial charge >= 0.3 is 0 Å². The molecule has 1 N–H and O–H groups in total. The number of hydrogen-bond donors (Lipinski definition) is 1. The molecule has 0 amide bonds. The Kier molecular flexibility index (Phi) is 15.3. The van der Waals surface area contributed by atoms with Crippen LogP contribution in [0.25, 0.3) is 0 Å². The third-order valence-corrected chi connectivity index (χ3v) is 4.15.